The Labute approximate surface area is 182 Å². The Morgan fingerprint density at radius 1 is 1.17 bits per heavy atom. The van der Waals surface area contributed by atoms with E-state index in [0.717, 1.165) is 37.6 Å². The van der Waals surface area contributed by atoms with Crippen molar-refractivity contribution in [3.63, 3.8) is 0 Å². The van der Waals surface area contributed by atoms with Crippen molar-refractivity contribution in [2.45, 2.75) is 24.5 Å². The Balaban J connectivity index is 1.46. The highest BCUT2D eigenvalue weighted by atomic mass is 35.5. The van der Waals surface area contributed by atoms with Gasteiger partial charge in [-0.05, 0) is 43.2 Å². The van der Waals surface area contributed by atoms with Crippen molar-refractivity contribution in [2.75, 3.05) is 29.1 Å². The number of carbonyl (C=O) groups is 1. The molecule has 1 aliphatic rings. The summed E-state index contributed by atoms with van der Waals surface area (Å²) in [5, 5.41) is 13.1. The van der Waals surface area contributed by atoms with Gasteiger partial charge in [0.1, 0.15) is 5.76 Å². The van der Waals surface area contributed by atoms with Gasteiger partial charge < -0.3 is 14.6 Å². The van der Waals surface area contributed by atoms with Gasteiger partial charge in [-0.1, -0.05) is 35.0 Å². The molecule has 1 aliphatic heterocycles. The normalized spacial score (nSPS) is 13.8. The lowest BCUT2D eigenvalue weighted by Gasteiger charge is -2.17. The molecule has 3 heterocycles. The molecule has 0 bridgehead atoms. The zero-order valence-electron chi connectivity index (χ0n) is 15.5. The van der Waals surface area contributed by atoms with Crippen LogP contribution < -0.4 is 10.2 Å². The zero-order chi connectivity index (χ0) is 20.2. The van der Waals surface area contributed by atoms with Crippen LogP contribution in [0.5, 0.6) is 0 Å². The molecule has 29 heavy (non-hydrogen) atoms. The number of furan rings is 1. The van der Waals surface area contributed by atoms with E-state index in [9.17, 15) is 4.79 Å². The standard InChI is InChI=1S/C19H19Cl2N5O2S/c20-13-8-14(21)10-15(9-13)22-17(27)12-29-19-24-23-18(25-5-1-2-6-25)26(19)11-16-4-3-7-28-16/h3-4,7-10H,1-2,5-6,11-12H2,(H,22,27). The fourth-order valence-corrected chi connectivity index (χ4v) is 4.45. The molecule has 1 amide bonds. The second-order valence-electron chi connectivity index (χ2n) is 6.64. The van der Waals surface area contributed by atoms with E-state index in [1.807, 2.05) is 16.7 Å². The van der Waals surface area contributed by atoms with Gasteiger partial charge in [0, 0.05) is 28.8 Å². The second kappa shape index (κ2) is 9.11. The number of rotatable bonds is 7. The summed E-state index contributed by atoms with van der Waals surface area (Å²) in [6, 6.07) is 8.69. The molecule has 2 aromatic heterocycles. The number of amides is 1. The van der Waals surface area contributed by atoms with Crippen molar-refractivity contribution < 1.29 is 9.21 Å². The van der Waals surface area contributed by atoms with Gasteiger partial charge in [0.05, 0.1) is 18.6 Å². The highest BCUT2D eigenvalue weighted by Crippen LogP contribution is 2.27. The average Bonchev–Trinajstić information content (AvgIpc) is 3.42. The first-order valence-electron chi connectivity index (χ1n) is 9.18. The van der Waals surface area contributed by atoms with Crippen molar-refractivity contribution in [3.8, 4) is 0 Å². The van der Waals surface area contributed by atoms with Crippen molar-refractivity contribution in [1.29, 1.82) is 0 Å². The average molecular weight is 452 g/mol. The maximum absolute atomic E-state index is 12.4. The summed E-state index contributed by atoms with van der Waals surface area (Å²) >= 11 is 13.3. The number of aromatic nitrogens is 3. The number of hydrogen-bond donors (Lipinski definition) is 1. The third-order valence-electron chi connectivity index (χ3n) is 4.46. The summed E-state index contributed by atoms with van der Waals surface area (Å²) < 4.78 is 7.50. The Kier molecular flexibility index (Phi) is 6.32. The summed E-state index contributed by atoms with van der Waals surface area (Å²) in [5.41, 5.74) is 0.558. The highest BCUT2D eigenvalue weighted by molar-refractivity contribution is 7.99. The molecule has 3 aromatic rings. The molecule has 4 rings (SSSR count). The van der Waals surface area contributed by atoms with Crippen molar-refractivity contribution in [2.24, 2.45) is 0 Å². The quantitative estimate of drug-likeness (QED) is 0.530. The summed E-state index contributed by atoms with van der Waals surface area (Å²) in [4.78, 5) is 14.6. The molecule has 0 spiro atoms. The van der Waals surface area contributed by atoms with Crippen LogP contribution in [0.2, 0.25) is 10.0 Å². The number of carbonyl (C=O) groups excluding carboxylic acids is 1. The molecule has 1 saturated heterocycles. The summed E-state index contributed by atoms with van der Waals surface area (Å²) in [5.74, 6) is 1.62. The van der Waals surface area contributed by atoms with E-state index in [-0.39, 0.29) is 11.7 Å². The fraction of sp³-hybridized carbons (Fsp3) is 0.316. The van der Waals surface area contributed by atoms with Gasteiger partial charge in [-0.2, -0.15) is 0 Å². The Hall–Kier alpha value is -2.16. The fourth-order valence-electron chi connectivity index (χ4n) is 3.19. The van der Waals surface area contributed by atoms with Crippen LogP contribution in [0, 0.1) is 0 Å². The zero-order valence-corrected chi connectivity index (χ0v) is 17.8. The van der Waals surface area contributed by atoms with E-state index in [4.69, 9.17) is 27.6 Å². The SMILES string of the molecule is O=C(CSc1nnc(N2CCCC2)n1Cc1ccco1)Nc1cc(Cl)cc(Cl)c1. The molecule has 0 atom stereocenters. The lowest BCUT2D eigenvalue weighted by Crippen LogP contribution is -2.22. The number of nitrogens with zero attached hydrogens (tertiary/aromatic N) is 4. The van der Waals surface area contributed by atoms with E-state index < -0.39 is 0 Å². The van der Waals surface area contributed by atoms with E-state index >= 15 is 0 Å². The van der Waals surface area contributed by atoms with E-state index in [2.05, 4.69) is 20.4 Å². The van der Waals surface area contributed by atoms with Gasteiger partial charge >= 0.3 is 0 Å². The van der Waals surface area contributed by atoms with Gasteiger partial charge in [-0.15, -0.1) is 10.2 Å². The molecule has 0 aliphatic carbocycles. The van der Waals surface area contributed by atoms with Crippen LogP contribution in [0.25, 0.3) is 0 Å². The van der Waals surface area contributed by atoms with E-state index in [1.54, 1.807) is 24.5 Å². The molecule has 0 radical (unpaired) electrons. The largest absolute Gasteiger partial charge is 0.467 e. The van der Waals surface area contributed by atoms with Crippen LogP contribution in [0.1, 0.15) is 18.6 Å². The van der Waals surface area contributed by atoms with Crippen molar-refractivity contribution in [3.05, 3.63) is 52.4 Å². The molecule has 7 nitrogen and oxygen atoms in total. The molecule has 1 fully saturated rings. The van der Waals surface area contributed by atoms with Gasteiger partial charge in [0.25, 0.3) is 0 Å². The topological polar surface area (TPSA) is 76.2 Å². The van der Waals surface area contributed by atoms with Gasteiger partial charge in [-0.3, -0.25) is 9.36 Å². The van der Waals surface area contributed by atoms with E-state index in [1.165, 1.54) is 11.8 Å². The smallest absolute Gasteiger partial charge is 0.234 e. The summed E-state index contributed by atoms with van der Waals surface area (Å²) in [6.45, 7) is 2.42. The maximum Gasteiger partial charge on any atom is 0.234 e. The Bertz CT molecular complexity index is 966. The van der Waals surface area contributed by atoms with Crippen molar-refractivity contribution in [1.82, 2.24) is 14.8 Å². The molecule has 0 unspecified atom stereocenters. The monoisotopic (exact) mass is 451 g/mol. The number of anilines is 2. The van der Waals surface area contributed by atoms with Gasteiger partial charge in [0.2, 0.25) is 11.9 Å². The molecule has 152 valence electrons. The summed E-state index contributed by atoms with van der Waals surface area (Å²) in [7, 11) is 0. The number of hydrogen-bond acceptors (Lipinski definition) is 6. The molecule has 1 aromatic carbocycles. The second-order valence-corrected chi connectivity index (χ2v) is 8.45. The highest BCUT2D eigenvalue weighted by Gasteiger charge is 2.22. The number of benzene rings is 1. The minimum Gasteiger partial charge on any atom is -0.467 e. The minimum absolute atomic E-state index is 0.177. The predicted molar refractivity (Wildman–Crippen MR) is 115 cm³/mol. The summed E-state index contributed by atoms with van der Waals surface area (Å²) in [6.07, 6.45) is 3.92. The van der Waals surface area contributed by atoms with Crippen LogP contribution >= 0.6 is 35.0 Å². The molecule has 1 N–H and O–H groups in total. The molecule has 0 saturated carbocycles. The molecular weight excluding hydrogens is 433 g/mol. The van der Waals surface area contributed by atoms with Crippen LogP contribution in [0.4, 0.5) is 11.6 Å². The first-order chi connectivity index (χ1) is 14.1. The minimum atomic E-state index is -0.177. The number of thioether (sulfide) groups is 1. The lowest BCUT2D eigenvalue weighted by molar-refractivity contribution is -0.113. The Morgan fingerprint density at radius 2 is 1.93 bits per heavy atom. The van der Waals surface area contributed by atoms with Crippen LogP contribution in [-0.4, -0.2) is 39.5 Å². The third-order valence-corrected chi connectivity index (χ3v) is 5.86. The first-order valence-corrected chi connectivity index (χ1v) is 10.9. The first kappa shape index (κ1) is 20.1. The van der Waals surface area contributed by atoms with E-state index in [0.29, 0.717) is 27.4 Å². The van der Waals surface area contributed by atoms with Gasteiger partial charge in [-0.25, -0.2) is 0 Å². The maximum atomic E-state index is 12.4. The van der Waals surface area contributed by atoms with Crippen LogP contribution in [0.15, 0.2) is 46.2 Å². The Morgan fingerprint density at radius 3 is 2.62 bits per heavy atom. The number of halogens is 2. The van der Waals surface area contributed by atoms with Crippen LogP contribution in [0.3, 0.4) is 0 Å². The third kappa shape index (κ3) is 5.07. The molecular formula is C19H19Cl2N5O2S. The van der Waals surface area contributed by atoms with Crippen LogP contribution in [-0.2, 0) is 11.3 Å². The van der Waals surface area contributed by atoms with Gasteiger partial charge in [0.15, 0.2) is 5.16 Å². The predicted octanol–water partition coefficient (Wildman–Crippen LogP) is 4.56. The molecule has 10 heteroatoms. The van der Waals surface area contributed by atoms with Crippen molar-refractivity contribution >= 4 is 52.5 Å². The lowest BCUT2D eigenvalue weighted by atomic mass is 10.3. The number of nitrogens with one attached hydrogen (secondary N) is 1.